The fourth-order valence-corrected chi connectivity index (χ4v) is 1.41. The highest BCUT2D eigenvalue weighted by molar-refractivity contribution is 5.94. The van der Waals surface area contributed by atoms with E-state index in [4.69, 9.17) is 0 Å². The summed E-state index contributed by atoms with van der Waals surface area (Å²) in [6.07, 6.45) is 10.5. The Bertz CT molecular complexity index is 308. The van der Waals surface area contributed by atoms with E-state index in [9.17, 15) is 9.59 Å². The van der Waals surface area contributed by atoms with Gasteiger partial charge in [-0.3, -0.25) is 15.0 Å². The molecule has 0 aromatic rings. The van der Waals surface area contributed by atoms with E-state index >= 15 is 0 Å². The molecule has 0 spiro atoms. The fourth-order valence-electron chi connectivity index (χ4n) is 1.41. The Hall–Kier alpha value is -1.58. The third-order valence-electron chi connectivity index (χ3n) is 2.33. The zero-order valence-electron chi connectivity index (χ0n) is 9.61. The van der Waals surface area contributed by atoms with Crippen molar-refractivity contribution in [2.45, 2.75) is 32.6 Å². The van der Waals surface area contributed by atoms with Crippen LogP contribution in [0.25, 0.3) is 0 Å². The van der Waals surface area contributed by atoms with Crippen molar-refractivity contribution in [1.29, 1.82) is 0 Å². The third kappa shape index (κ3) is 4.29. The topological polar surface area (TPSA) is 49.4 Å². The molecule has 0 saturated carbocycles. The van der Waals surface area contributed by atoms with Crippen LogP contribution in [0.15, 0.2) is 24.4 Å². The molecule has 0 aliphatic carbocycles. The quantitative estimate of drug-likeness (QED) is 0.741. The summed E-state index contributed by atoms with van der Waals surface area (Å²) in [4.78, 5) is 24.4. The Morgan fingerprint density at radius 3 is 2.75 bits per heavy atom. The second kappa shape index (κ2) is 6.82. The van der Waals surface area contributed by atoms with Crippen molar-refractivity contribution in [2.75, 3.05) is 6.54 Å². The Labute approximate surface area is 96.0 Å². The van der Waals surface area contributed by atoms with E-state index in [0.717, 1.165) is 19.3 Å². The molecule has 1 heterocycles. The van der Waals surface area contributed by atoms with Crippen molar-refractivity contribution >= 4 is 11.9 Å². The molecule has 1 N–H and O–H groups in total. The molecule has 0 saturated heterocycles. The van der Waals surface area contributed by atoms with Gasteiger partial charge in [-0.05, 0) is 12.5 Å². The van der Waals surface area contributed by atoms with Crippen LogP contribution in [0.4, 0.5) is 4.79 Å². The minimum atomic E-state index is -0.345. The number of carbonyl (C=O) groups excluding carboxylic acids is 2. The molecule has 0 aromatic carbocycles. The van der Waals surface area contributed by atoms with Crippen molar-refractivity contribution in [3.05, 3.63) is 24.4 Å². The minimum Gasteiger partial charge on any atom is -0.297 e. The standard InChI is InChI=1S/C12H18N2O2/c1-2-3-5-8-11(15)13-12(16)14-9-6-4-7-10-14/h4,6-7,9H,2-3,5,8,10H2,1H3,(H,13,15,16). The lowest BCUT2D eigenvalue weighted by molar-refractivity contribution is -0.120. The Morgan fingerprint density at radius 1 is 1.31 bits per heavy atom. The van der Waals surface area contributed by atoms with Crippen LogP contribution in [-0.2, 0) is 4.79 Å². The molecule has 16 heavy (non-hydrogen) atoms. The lowest BCUT2D eigenvalue weighted by Crippen LogP contribution is -2.40. The first-order valence-electron chi connectivity index (χ1n) is 5.68. The highest BCUT2D eigenvalue weighted by Gasteiger charge is 2.13. The molecule has 1 rings (SSSR count). The summed E-state index contributed by atoms with van der Waals surface area (Å²) in [5.41, 5.74) is 0. The van der Waals surface area contributed by atoms with Crippen molar-refractivity contribution < 1.29 is 9.59 Å². The van der Waals surface area contributed by atoms with Gasteiger partial charge in [0.15, 0.2) is 0 Å². The largest absolute Gasteiger partial charge is 0.328 e. The molecular weight excluding hydrogens is 204 g/mol. The van der Waals surface area contributed by atoms with Gasteiger partial charge in [0.25, 0.3) is 0 Å². The molecule has 0 atom stereocenters. The molecule has 3 amide bonds. The van der Waals surface area contributed by atoms with Gasteiger partial charge >= 0.3 is 6.03 Å². The number of urea groups is 1. The van der Waals surface area contributed by atoms with Crippen LogP contribution in [0.2, 0.25) is 0 Å². The van der Waals surface area contributed by atoms with E-state index < -0.39 is 0 Å². The molecule has 0 aromatic heterocycles. The summed E-state index contributed by atoms with van der Waals surface area (Å²) in [5.74, 6) is -0.193. The number of unbranched alkanes of at least 4 members (excludes halogenated alkanes) is 2. The summed E-state index contributed by atoms with van der Waals surface area (Å²) in [6, 6.07) is -0.345. The minimum absolute atomic E-state index is 0.193. The third-order valence-corrected chi connectivity index (χ3v) is 2.33. The highest BCUT2D eigenvalue weighted by Crippen LogP contribution is 2.01. The number of allylic oxidation sites excluding steroid dienone is 2. The van der Waals surface area contributed by atoms with Crippen LogP contribution in [0.3, 0.4) is 0 Å². The number of amides is 3. The second-order valence-corrected chi connectivity index (χ2v) is 3.73. The van der Waals surface area contributed by atoms with E-state index in [2.05, 4.69) is 12.2 Å². The number of rotatable bonds is 4. The predicted octanol–water partition coefficient (Wildman–Crippen LogP) is 2.19. The maximum absolute atomic E-state index is 11.6. The normalized spacial score (nSPS) is 13.9. The fraction of sp³-hybridized carbons (Fsp3) is 0.500. The van der Waals surface area contributed by atoms with E-state index in [0.29, 0.717) is 13.0 Å². The number of hydrogen-bond donors (Lipinski definition) is 1. The van der Waals surface area contributed by atoms with Crippen molar-refractivity contribution in [3.8, 4) is 0 Å². The van der Waals surface area contributed by atoms with Crippen LogP contribution in [-0.4, -0.2) is 23.4 Å². The average Bonchev–Trinajstić information content (AvgIpc) is 2.30. The van der Waals surface area contributed by atoms with Gasteiger partial charge in [-0.15, -0.1) is 0 Å². The number of imide groups is 1. The molecular formula is C12H18N2O2. The van der Waals surface area contributed by atoms with Crippen LogP contribution in [0.1, 0.15) is 32.6 Å². The first-order valence-corrected chi connectivity index (χ1v) is 5.68. The average molecular weight is 222 g/mol. The monoisotopic (exact) mass is 222 g/mol. The first-order chi connectivity index (χ1) is 7.74. The SMILES string of the molecule is CCCCCC(=O)NC(=O)N1C=CC=CC1. The van der Waals surface area contributed by atoms with Crippen LogP contribution in [0, 0.1) is 0 Å². The lowest BCUT2D eigenvalue weighted by atomic mass is 10.2. The van der Waals surface area contributed by atoms with Crippen LogP contribution >= 0.6 is 0 Å². The Kier molecular flexibility index (Phi) is 5.32. The Morgan fingerprint density at radius 2 is 2.12 bits per heavy atom. The van der Waals surface area contributed by atoms with Crippen LogP contribution < -0.4 is 5.32 Å². The van der Waals surface area contributed by atoms with E-state index in [-0.39, 0.29) is 11.9 Å². The van der Waals surface area contributed by atoms with Crippen molar-refractivity contribution in [1.82, 2.24) is 10.2 Å². The molecule has 0 radical (unpaired) electrons. The maximum atomic E-state index is 11.6. The van der Waals surface area contributed by atoms with E-state index in [1.807, 2.05) is 12.2 Å². The summed E-state index contributed by atoms with van der Waals surface area (Å²) in [6.45, 7) is 2.60. The zero-order valence-corrected chi connectivity index (χ0v) is 9.61. The second-order valence-electron chi connectivity index (χ2n) is 3.73. The molecule has 88 valence electrons. The molecule has 0 unspecified atom stereocenters. The molecule has 1 aliphatic rings. The Balaban J connectivity index is 2.25. The molecule has 0 fully saturated rings. The number of carbonyl (C=O) groups is 2. The van der Waals surface area contributed by atoms with Gasteiger partial charge in [0.05, 0.1) is 0 Å². The first kappa shape index (κ1) is 12.5. The van der Waals surface area contributed by atoms with Gasteiger partial charge in [0.2, 0.25) is 5.91 Å². The van der Waals surface area contributed by atoms with Crippen LogP contribution in [0.5, 0.6) is 0 Å². The number of hydrogen-bond acceptors (Lipinski definition) is 2. The lowest BCUT2D eigenvalue weighted by Gasteiger charge is -2.18. The molecule has 4 nitrogen and oxygen atoms in total. The zero-order chi connectivity index (χ0) is 11.8. The summed E-state index contributed by atoms with van der Waals surface area (Å²) >= 11 is 0. The smallest absolute Gasteiger partial charge is 0.297 e. The number of nitrogens with zero attached hydrogens (tertiary/aromatic N) is 1. The van der Waals surface area contributed by atoms with E-state index in [1.165, 1.54) is 4.90 Å². The van der Waals surface area contributed by atoms with Gasteiger partial charge in [-0.1, -0.05) is 31.9 Å². The van der Waals surface area contributed by atoms with Crippen molar-refractivity contribution in [3.63, 3.8) is 0 Å². The summed E-state index contributed by atoms with van der Waals surface area (Å²) < 4.78 is 0. The predicted molar refractivity (Wildman–Crippen MR) is 62.7 cm³/mol. The molecule has 0 bridgehead atoms. The van der Waals surface area contributed by atoms with Gasteiger partial charge in [0.1, 0.15) is 0 Å². The molecule has 1 aliphatic heterocycles. The number of nitrogens with one attached hydrogen (secondary N) is 1. The van der Waals surface area contributed by atoms with Crippen molar-refractivity contribution in [2.24, 2.45) is 0 Å². The van der Waals surface area contributed by atoms with Gasteiger partial charge < -0.3 is 0 Å². The molecule has 4 heteroatoms. The van der Waals surface area contributed by atoms with Gasteiger partial charge in [-0.2, -0.15) is 0 Å². The summed E-state index contributed by atoms with van der Waals surface area (Å²) in [7, 11) is 0. The maximum Gasteiger partial charge on any atom is 0.328 e. The van der Waals surface area contributed by atoms with Gasteiger partial charge in [0, 0.05) is 19.2 Å². The summed E-state index contributed by atoms with van der Waals surface area (Å²) in [5, 5.41) is 2.37. The highest BCUT2D eigenvalue weighted by atomic mass is 16.2. The van der Waals surface area contributed by atoms with E-state index in [1.54, 1.807) is 12.3 Å². The van der Waals surface area contributed by atoms with Gasteiger partial charge in [-0.25, -0.2) is 4.79 Å².